The van der Waals surface area contributed by atoms with Crippen LogP contribution in [0.3, 0.4) is 0 Å². The third kappa shape index (κ3) is 3.49. The van der Waals surface area contributed by atoms with E-state index >= 15 is 0 Å². The van der Waals surface area contributed by atoms with Gasteiger partial charge in [-0.1, -0.05) is 47.7 Å². The number of aromatic nitrogens is 3. The first-order chi connectivity index (χ1) is 11.5. The molecule has 0 atom stereocenters. The monoisotopic (exact) mass is 338 g/mol. The number of aryl methyl sites for hydroxylation is 1. The minimum Gasteiger partial charge on any atom is -0.366 e. The van der Waals surface area contributed by atoms with Crippen LogP contribution in [0.4, 0.5) is 0 Å². The van der Waals surface area contributed by atoms with E-state index in [1.807, 2.05) is 35.9 Å². The number of benzene rings is 2. The van der Waals surface area contributed by atoms with Gasteiger partial charge in [0.2, 0.25) is 5.91 Å². The van der Waals surface area contributed by atoms with Gasteiger partial charge in [0.05, 0.1) is 0 Å². The lowest BCUT2D eigenvalue weighted by atomic mass is 10.1. The van der Waals surface area contributed by atoms with Gasteiger partial charge < -0.3 is 10.3 Å². The van der Waals surface area contributed by atoms with Crippen LogP contribution in [0.15, 0.2) is 53.7 Å². The zero-order valence-corrected chi connectivity index (χ0v) is 14.4. The van der Waals surface area contributed by atoms with E-state index in [9.17, 15) is 4.79 Å². The predicted octanol–water partition coefficient (Wildman–Crippen LogP) is 3.18. The maximum atomic E-state index is 11.1. The molecule has 6 heteroatoms. The summed E-state index contributed by atoms with van der Waals surface area (Å²) in [4.78, 5) is 11.1. The first-order valence-electron chi connectivity index (χ1n) is 7.52. The highest BCUT2D eigenvalue weighted by Gasteiger charge is 2.11. The molecular weight excluding hydrogens is 320 g/mol. The van der Waals surface area contributed by atoms with Crippen molar-refractivity contribution in [1.82, 2.24) is 14.8 Å². The van der Waals surface area contributed by atoms with Crippen LogP contribution in [-0.2, 0) is 12.8 Å². The van der Waals surface area contributed by atoms with Crippen molar-refractivity contribution in [2.24, 2.45) is 12.8 Å². The molecule has 5 nitrogen and oxygen atoms in total. The van der Waals surface area contributed by atoms with Gasteiger partial charge in [-0.3, -0.25) is 4.79 Å². The van der Waals surface area contributed by atoms with E-state index in [4.69, 9.17) is 5.73 Å². The minimum atomic E-state index is -0.412. The molecule has 0 spiro atoms. The molecule has 0 unspecified atom stereocenters. The number of amides is 1. The predicted molar refractivity (Wildman–Crippen MR) is 95.7 cm³/mol. The fraction of sp³-hybridized carbons (Fsp3) is 0.167. The van der Waals surface area contributed by atoms with E-state index in [2.05, 4.69) is 29.3 Å². The Labute approximate surface area is 144 Å². The Kier molecular flexibility index (Phi) is 4.66. The number of rotatable bonds is 5. The lowest BCUT2D eigenvalue weighted by Gasteiger charge is -2.05. The van der Waals surface area contributed by atoms with Gasteiger partial charge in [-0.15, -0.1) is 10.2 Å². The molecule has 0 aliphatic rings. The Balaban J connectivity index is 1.73. The molecule has 0 saturated carbocycles. The van der Waals surface area contributed by atoms with Crippen LogP contribution < -0.4 is 5.73 Å². The summed E-state index contributed by atoms with van der Waals surface area (Å²) in [7, 11) is 1.97. The van der Waals surface area contributed by atoms with E-state index in [0.717, 1.165) is 27.9 Å². The van der Waals surface area contributed by atoms with Crippen LogP contribution in [0.2, 0.25) is 0 Å². The summed E-state index contributed by atoms with van der Waals surface area (Å²) in [6.45, 7) is 2.06. The number of primary amides is 1. The highest BCUT2D eigenvalue weighted by atomic mass is 32.2. The van der Waals surface area contributed by atoms with Crippen molar-refractivity contribution in [1.29, 1.82) is 0 Å². The van der Waals surface area contributed by atoms with E-state index in [0.29, 0.717) is 5.56 Å². The molecule has 2 N–H and O–H groups in total. The molecule has 3 rings (SSSR count). The Morgan fingerprint density at radius 1 is 1.17 bits per heavy atom. The van der Waals surface area contributed by atoms with Gasteiger partial charge in [-0.2, -0.15) is 0 Å². The Hall–Kier alpha value is -2.60. The van der Waals surface area contributed by atoms with Crippen LogP contribution in [0, 0.1) is 6.92 Å². The minimum absolute atomic E-state index is 0.412. The molecule has 0 bridgehead atoms. The van der Waals surface area contributed by atoms with E-state index in [-0.39, 0.29) is 0 Å². The number of nitrogens with zero attached hydrogens (tertiary/aromatic N) is 3. The summed E-state index contributed by atoms with van der Waals surface area (Å²) in [6, 6.07) is 15.5. The van der Waals surface area contributed by atoms with Gasteiger partial charge >= 0.3 is 0 Å². The molecule has 0 saturated heterocycles. The van der Waals surface area contributed by atoms with Crippen molar-refractivity contribution in [3.63, 3.8) is 0 Å². The second kappa shape index (κ2) is 6.88. The quantitative estimate of drug-likeness (QED) is 0.725. The van der Waals surface area contributed by atoms with Crippen molar-refractivity contribution >= 4 is 17.7 Å². The van der Waals surface area contributed by atoms with Gasteiger partial charge in [0, 0.05) is 23.9 Å². The van der Waals surface area contributed by atoms with Crippen LogP contribution in [0.25, 0.3) is 11.4 Å². The van der Waals surface area contributed by atoms with Crippen molar-refractivity contribution < 1.29 is 4.79 Å². The topological polar surface area (TPSA) is 73.8 Å². The molecule has 24 heavy (non-hydrogen) atoms. The number of nitrogens with two attached hydrogens (primary N) is 1. The summed E-state index contributed by atoms with van der Waals surface area (Å²) >= 11 is 1.61. The summed E-state index contributed by atoms with van der Waals surface area (Å²) in [5, 5.41) is 9.44. The standard InChI is InChI=1S/C18H18N4OS/c1-12-4-3-5-15(10-12)17-20-21-18(22(17)2)24-11-13-6-8-14(9-7-13)16(19)23/h3-10H,11H2,1-2H3,(H2,19,23). The Morgan fingerprint density at radius 3 is 2.58 bits per heavy atom. The molecule has 2 aromatic carbocycles. The number of hydrogen-bond donors (Lipinski definition) is 1. The molecule has 0 fully saturated rings. The number of carbonyl (C=O) groups excluding carboxylic acids is 1. The van der Waals surface area contributed by atoms with Crippen LogP contribution in [0.5, 0.6) is 0 Å². The second-order valence-electron chi connectivity index (χ2n) is 5.58. The maximum absolute atomic E-state index is 11.1. The van der Waals surface area contributed by atoms with Gasteiger partial charge in [0.1, 0.15) is 0 Å². The van der Waals surface area contributed by atoms with Crippen molar-refractivity contribution in [3.8, 4) is 11.4 Å². The van der Waals surface area contributed by atoms with Crippen molar-refractivity contribution in [2.75, 3.05) is 0 Å². The number of hydrogen-bond acceptors (Lipinski definition) is 4. The summed E-state index contributed by atoms with van der Waals surface area (Å²) in [6.07, 6.45) is 0. The molecular formula is C18H18N4OS. The average Bonchev–Trinajstić information content (AvgIpc) is 2.94. The number of carbonyl (C=O) groups is 1. The lowest BCUT2D eigenvalue weighted by molar-refractivity contribution is 0.100. The molecule has 0 aliphatic heterocycles. The molecule has 3 aromatic rings. The smallest absolute Gasteiger partial charge is 0.248 e. The molecule has 0 radical (unpaired) electrons. The SMILES string of the molecule is Cc1cccc(-c2nnc(SCc3ccc(C(N)=O)cc3)n2C)c1. The average molecular weight is 338 g/mol. The molecule has 1 amide bonds. The molecule has 122 valence electrons. The molecule has 1 aromatic heterocycles. The first kappa shape index (κ1) is 16.3. The fourth-order valence-corrected chi connectivity index (χ4v) is 3.26. The van der Waals surface area contributed by atoms with Crippen molar-refractivity contribution in [2.45, 2.75) is 17.8 Å². The van der Waals surface area contributed by atoms with Crippen LogP contribution in [-0.4, -0.2) is 20.7 Å². The summed E-state index contributed by atoms with van der Waals surface area (Å²) in [5.41, 5.74) is 9.12. The van der Waals surface area contributed by atoms with Gasteiger partial charge in [-0.05, 0) is 30.7 Å². The highest BCUT2D eigenvalue weighted by Crippen LogP contribution is 2.25. The zero-order valence-electron chi connectivity index (χ0n) is 13.6. The maximum Gasteiger partial charge on any atom is 0.248 e. The zero-order chi connectivity index (χ0) is 17.1. The number of thioether (sulfide) groups is 1. The van der Waals surface area contributed by atoms with Crippen LogP contribution in [0.1, 0.15) is 21.5 Å². The van der Waals surface area contributed by atoms with E-state index in [1.165, 1.54) is 5.56 Å². The Bertz CT molecular complexity index is 871. The van der Waals surface area contributed by atoms with Crippen molar-refractivity contribution in [3.05, 3.63) is 65.2 Å². The fourth-order valence-electron chi connectivity index (χ4n) is 2.39. The lowest BCUT2D eigenvalue weighted by Crippen LogP contribution is -2.10. The Morgan fingerprint density at radius 2 is 1.92 bits per heavy atom. The summed E-state index contributed by atoms with van der Waals surface area (Å²) < 4.78 is 2.00. The van der Waals surface area contributed by atoms with Gasteiger partial charge in [-0.25, -0.2) is 0 Å². The van der Waals surface area contributed by atoms with E-state index < -0.39 is 5.91 Å². The third-order valence-electron chi connectivity index (χ3n) is 3.72. The molecule has 0 aliphatic carbocycles. The first-order valence-corrected chi connectivity index (χ1v) is 8.51. The largest absolute Gasteiger partial charge is 0.366 e. The normalized spacial score (nSPS) is 10.8. The third-order valence-corrected chi connectivity index (χ3v) is 4.81. The molecule has 1 heterocycles. The second-order valence-corrected chi connectivity index (χ2v) is 6.53. The van der Waals surface area contributed by atoms with Gasteiger partial charge in [0.25, 0.3) is 0 Å². The van der Waals surface area contributed by atoms with Crippen LogP contribution >= 0.6 is 11.8 Å². The van der Waals surface area contributed by atoms with Gasteiger partial charge in [0.15, 0.2) is 11.0 Å². The summed E-state index contributed by atoms with van der Waals surface area (Å²) in [5.74, 6) is 1.19. The highest BCUT2D eigenvalue weighted by molar-refractivity contribution is 7.98. The van der Waals surface area contributed by atoms with E-state index in [1.54, 1.807) is 23.9 Å².